The lowest BCUT2D eigenvalue weighted by Crippen LogP contribution is -2.54. The highest BCUT2D eigenvalue weighted by Gasteiger charge is 2.43. The van der Waals surface area contributed by atoms with E-state index in [2.05, 4.69) is 6.07 Å². The first kappa shape index (κ1) is 11.4. The van der Waals surface area contributed by atoms with E-state index in [1.165, 1.54) is 0 Å². The molecule has 4 heteroatoms. The molecule has 2 rings (SSSR count). The Morgan fingerprint density at radius 3 is 2.56 bits per heavy atom. The molecular formula is C12H19N3O. The van der Waals surface area contributed by atoms with Crippen molar-refractivity contribution in [3.63, 3.8) is 0 Å². The van der Waals surface area contributed by atoms with Crippen molar-refractivity contribution in [1.82, 2.24) is 4.90 Å². The molecule has 2 aliphatic carbocycles. The van der Waals surface area contributed by atoms with Gasteiger partial charge in [-0.2, -0.15) is 5.26 Å². The summed E-state index contributed by atoms with van der Waals surface area (Å²) in [5.74, 6) is 0.0859. The van der Waals surface area contributed by atoms with Crippen LogP contribution in [0, 0.1) is 11.3 Å². The van der Waals surface area contributed by atoms with Crippen molar-refractivity contribution >= 4 is 5.91 Å². The molecule has 0 bridgehead atoms. The third-order valence-corrected chi connectivity index (χ3v) is 3.63. The van der Waals surface area contributed by atoms with Crippen molar-refractivity contribution in [2.45, 2.75) is 56.5 Å². The summed E-state index contributed by atoms with van der Waals surface area (Å²) in [4.78, 5) is 14.2. The SMILES string of the molecule is N#CCCN(C(=O)C1(N)CCCC1)C1CC1. The van der Waals surface area contributed by atoms with E-state index < -0.39 is 5.54 Å². The van der Waals surface area contributed by atoms with E-state index in [0.29, 0.717) is 19.0 Å². The van der Waals surface area contributed by atoms with Crippen molar-refractivity contribution < 1.29 is 4.79 Å². The first-order valence-corrected chi connectivity index (χ1v) is 6.14. The molecule has 0 spiro atoms. The summed E-state index contributed by atoms with van der Waals surface area (Å²) in [7, 11) is 0. The Balaban J connectivity index is 2.01. The Morgan fingerprint density at radius 1 is 1.44 bits per heavy atom. The van der Waals surface area contributed by atoms with Gasteiger partial charge in [0.15, 0.2) is 0 Å². The molecule has 0 aromatic heterocycles. The van der Waals surface area contributed by atoms with Crippen LogP contribution in [0.5, 0.6) is 0 Å². The second-order valence-corrected chi connectivity index (χ2v) is 5.00. The van der Waals surface area contributed by atoms with Crippen molar-refractivity contribution in [3.05, 3.63) is 0 Å². The Hall–Kier alpha value is -1.08. The van der Waals surface area contributed by atoms with Crippen molar-refractivity contribution in [1.29, 1.82) is 5.26 Å². The maximum atomic E-state index is 12.3. The second-order valence-electron chi connectivity index (χ2n) is 5.00. The highest BCUT2D eigenvalue weighted by atomic mass is 16.2. The summed E-state index contributed by atoms with van der Waals surface area (Å²) in [6.07, 6.45) is 6.29. The fraction of sp³-hybridized carbons (Fsp3) is 0.833. The van der Waals surface area contributed by atoms with Gasteiger partial charge in [0.1, 0.15) is 0 Å². The third-order valence-electron chi connectivity index (χ3n) is 3.63. The summed E-state index contributed by atoms with van der Waals surface area (Å²) in [5.41, 5.74) is 5.54. The number of nitriles is 1. The lowest BCUT2D eigenvalue weighted by molar-refractivity contribution is -0.137. The van der Waals surface area contributed by atoms with Gasteiger partial charge in [-0.15, -0.1) is 0 Å². The monoisotopic (exact) mass is 221 g/mol. The van der Waals surface area contributed by atoms with E-state index in [-0.39, 0.29) is 5.91 Å². The smallest absolute Gasteiger partial charge is 0.242 e. The molecule has 2 N–H and O–H groups in total. The van der Waals surface area contributed by atoms with Crippen molar-refractivity contribution in [3.8, 4) is 6.07 Å². The van der Waals surface area contributed by atoms with Crippen LogP contribution in [0.15, 0.2) is 0 Å². The first-order valence-electron chi connectivity index (χ1n) is 6.14. The normalized spacial score (nSPS) is 22.8. The Bertz CT molecular complexity index is 311. The molecule has 2 aliphatic rings. The van der Waals surface area contributed by atoms with Crippen LogP contribution in [0.25, 0.3) is 0 Å². The molecule has 0 saturated heterocycles. The van der Waals surface area contributed by atoms with Gasteiger partial charge in [-0.3, -0.25) is 4.79 Å². The molecule has 0 heterocycles. The Kier molecular flexibility index (Phi) is 3.15. The minimum absolute atomic E-state index is 0.0859. The minimum Gasteiger partial charge on any atom is -0.337 e. The fourth-order valence-electron chi connectivity index (χ4n) is 2.51. The average Bonchev–Trinajstić information content (AvgIpc) is 3.01. The third kappa shape index (κ3) is 2.19. The predicted octanol–water partition coefficient (Wildman–Crippen LogP) is 1.16. The van der Waals surface area contributed by atoms with E-state index >= 15 is 0 Å². The number of hydrogen-bond donors (Lipinski definition) is 1. The van der Waals surface area contributed by atoms with Crippen LogP contribution in [-0.4, -0.2) is 28.9 Å². The Morgan fingerprint density at radius 2 is 2.06 bits per heavy atom. The fourth-order valence-corrected chi connectivity index (χ4v) is 2.51. The number of rotatable bonds is 4. The van der Waals surface area contributed by atoms with E-state index in [1.807, 2.05) is 4.90 Å². The van der Waals surface area contributed by atoms with Gasteiger partial charge in [-0.25, -0.2) is 0 Å². The summed E-state index contributed by atoms with van der Waals surface area (Å²) >= 11 is 0. The first-order chi connectivity index (χ1) is 7.67. The number of nitrogens with two attached hydrogens (primary N) is 1. The largest absolute Gasteiger partial charge is 0.337 e. The number of carbonyl (C=O) groups excluding carboxylic acids is 1. The van der Waals surface area contributed by atoms with Crippen LogP contribution >= 0.6 is 0 Å². The molecule has 4 nitrogen and oxygen atoms in total. The lowest BCUT2D eigenvalue weighted by Gasteiger charge is -2.31. The Labute approximate surface area is 96.4 Å². The van der Waals surface area contributed by atoms with Crippen LogP contribution in [0.4, 0.5) is 0 Å². The highest BCUT2D eigenvalue weighted by molar-refractivity contribution is 5.87. The number of hydrogen-bond acceptors (Lipinski definition) is 3. The second kappa shape index (κ2) is 4.42. The zero-order chi connectivity index (χ0) is 11.6. The summed E-state index contributed by atoms with van der Waals surface area (Å²) in [6.45, 7) is 0.555. The van der Waals surface area contributed by atoms with Gasteiger partial charge in [0.2, 0.25) is 5.91 Å². The van der Waals surface area contributed by atoms with Gasteiger partial charge < -0.3 is 10.6 Å². The highest BCUT2D eigenvalue weighted by Crippen LogP contribution is 2.34. The molecular weight excluding hydrogens is 202 g/mol. The van der Waals surface area contributed by atoms with Crippen LogP contribution in [0.2, 0.25) is 0 Å². The molecule has 2 saturated carbocycles. The van der Waals surface area contributed by atoms with E-state index in [4.69, 9.17) is 11.0 Å². The topological polar surface area (TPSA) is 70.1 Å². The average molecular weight is 221 g/mol. The quantitative estimate of drug-likeness (QED) is 0.774. The van der Waals surface area contributed by atoms with Gasteiger partial charge in [-0.05, 0) is 25.7 Å². The molecule has 0 unspecified atom stereocenters. The number of nitrogens with zero attached hydrogens (tertiary/aromatic N) is 2. The number of carbonyl (C=O) groups is 1. The molecule has 1 amide bonds. The van der Waals surface area contributed by atoms with Crippen LogP contribution < -0.4 is 5.73 Å². The van der Waals surface area contributed by atoms with Crippen LogP contribution in [0.3, 0.4) is 0 Å². The molecule has 0 aromatic rings. The van der Waals surface area contributed by atoms with Crippen LogP contribution in [-0.2, 0) is 4.79 Å². The maximum absolute atomic E-state index is 12.3. The van der Waals surface area contributed by atoms with E-state index in [0.717, 1.165) is 38.5 Å². The molecule has 2 fully saturated rings. The summed E-state index contributed by atoms with van der Waals surface area (Å²) in [6, 6.07) is 2.47. The molecule has 0 aromatic carbocycles. The molecule has 16 heavy (non-hydrogen) atoms. The van der Waals surface area contributed by atoms with Gasteiger partial charge >= 0.3 is 0 Å². The van der Waals surface area contributed by atoms with Gasteiger partial charge in [0.25, 0.3) is 0 Å². The lowest BCUT2D eigenvalue weighted by atomic mass is 9.97. The zero-order valence-corrected chi connectivity index (χ0v) is 9.61. The molecule has 0 aliphatic heterocycles. The standard InChI is InChI=1S/C12H19N3O/c13-8-3-9-15(10-4-5-10)11(16)12(14)6-1-2-7-12/h10H,1-7,9,14H2. The zero-order valence-electron chi connectivity index (χ0n) is 9.61. The number of amides is 1. The molecule has 88 valence electrons. The van der Waals surface area contributed by atoms with E-state index in [9.17, 15) is 4.79 Å². The van der Waals surface area contributed by atoms with E-state index in [1.54, 1.807) is 0 Å². The van der Waals surface area contributed by atoms with Gasteiger partial charge in [-0.1, -0.05) is 12.8 Å². The minimum atomic E-state index is -0.627. The maximum Gasteiger partial charge on any atom is 0.242 e. The van der Waals surface area contributed by atoms with Gasteiger partial charge in [0, 0.05) is 12.6 Å². The predicted molar refractivity (Wildman–Crippen MR) is 60.4 cm³/mol. The van der Waals surface area contributed by atoms with Gasteiger partial charge in [0.05, 0.1) is 18.0 Å². The van der Waals surface area contributed by atoms with Crippen LogP contribution in [0.1, 0.15) is 44.9 Å². The molecule has 0 radical (unpaired) electrons. The van der Waals surface area contributed by atoms with Crippen molar-refractivity contribution in [2.75, 3.05) is 6.54 Å². The summed E-state index contributed by atoms with van der Waals surface area (Å²) in [5, 5.41) is 8.61. The molecule has 0 atom stereocenters. The van der Waals surface area contributed by atoms with Crippen molar-refractivity contribution in [2.24, 2.45) is 5.73 Å². The summed E-state index contributed by atoms with van der Waals surface area (Å²) < 4.78 is 0.